The Hall–Kier alpha value is -2.44. The van der Waals surface area contributed by atoms with Gasteiger partial charge in [-0.1, -0.05) is 106 Å². The monoisotopic (exact) mass is 546 g/mol. The molecule has 0 spiro atoms. The zero-order chi connectivity index (χ0) is 27.6. The molecule has 0 saturated heterocycles. The van der Waals surface area contributed by atoms with Crippen molar-refractivity contribution < 1.29 is 18.6 Å². The smallest absolute Gasteiger partial charge is 0.261 e. The summed E-state index contributed by atoms with van der Waals surface area (Å²) in [6.45, 7) is 11.4. The first-order valence-corrected chi connectivity index (χ1v) is 16.5. The van der Waals surface area contributed by atoms with Crippen molar-refractivity contribution in [3.63, 3.8) is 0 Å². The molecule has 4 nitrogen and oxygen atoms in total. The van der Waals surface area contributed by atoms with Crippen LogP contribution in [0.1, 0.15) is 53.4 Å². The highest BCUT2D eigenvalue weighted by atomic mass is 28.4. The molecule has 210 valence electrons. The third-order valence-electron chi connectivity index (χ3n) is 7.79. The lowest BCUT2D eigenvalue weighted by Gasteiger charge is -2.43. The Morgan fingerprint density at radius 2 is 1.38 bits per heavy atom. The molecular weight excluding hydrogens is 500 g/mol. The number of hydrogen-bond donors (Lipinski definition) is 0. The van der Waals surface area contributed by atoms with Gasteiger partial charge in [-0.15, -0.1) is 0 Å². The van der Waals surface area contributed by atoms with Crippen LogP contribution in [0.3, 0.4) is 0 Å². The minimum Gasteiger partial charge on any atom is -0.493 e. The highest BCUT2D eigenvalue weighted by molar-refractivity contribution is 6.99. The second kappa shape index (κ2) is 14.3. The molecule has 0 bridgehead atoms. The average Bonchev–Trinajstić information content (AvgIpc) is 2.96. The molecule has 1 aliphatic carbocycles. The van der Waals surface area contributed by atoms with Crippen LogP contribution in [-0.4, -0.2) is 47.0 Å². The van der Waals surface area contributed by atoms with E-state index in [1.54, 1.807) is 0 Å². The van der Waals surface area contributed by atoms with Crippen LogP contribution >= 0.6 is 0 Å². The van der Waals surface area contributed by atoms with Crippen molar-refractivity contribution in [3.8, 4) is 5.75 Å². The molecule has 1 aliphatic rings. The summed E-state index contributed by atoms with van der Waals surface area (Å²) in [5.41, 5.74) is 0. The minimum absolute atomic E-state index is 0.0668. The molecule has 0 heterocycles. The first-order valence-electron chi connectivity index (χ1n) is 14.6. The average molecular weight is 547 g/mol. The van der Waals surface area contributed by atoms with Crippen LogP contribution in [-0.2, 0) is 13.9 Å². The zero-order valence-electron chi connectivity index (χ0n) is 24.2. The van der Waals surface area contributed by atoms with Gasteiger partial charge in [0.1, 0.15) is 11.9 Å². The van der Waals surface area contributed by atoms with E-state index in [2.05, 4.69) is 81.4 Å². The van der Waals surface area contributed by atoms with Crippen LogP contribution in [0.5, 0.6) is 5.75 Å². The Morgan fingerprint density at radius 1 is 0.795 bits per heavy atom. The summed E-state index contributed by atoms with van der Waals surface area (Å²) in [6.07, 6.45) is 4.61. The summed E-state index contributed by atoms with van der Waals surface area (Å²) in [5.74, 6) is 1.46. The van der Waals surface area contributed by atoms with Crippen LogP contribution in [0, 0.1) is 5.92 Å². The topological polar surface area (TPSA) is 36.9 Å². The number of ether oxygens (including phenoxy) is 3. The van der Waals surface area contributed by atoms with E-state index < -0.39 is 8.32 Å². The van der Waals surface area contributed by atoms with Crippen molar-refractivity contribution in [1.82, 2.24) is 0 Å². The Labute approximate surface area is 236 Å². The molecule has 0 radical (unpaired) electrons. The van der Waals surface area contributed by atoms with E-state index in [1.165, 1.54) is 23.2 Å². The van der Waals surface area contributed by atoms with Crippen molar-refractivity contribution in [3.05, 3.63) is 91.0 Å². The molecule has 3 aromatic carbocycles. The van der Waals surface area contributed by atoms with E-state index in [0.29, 0.717) is 25.7 Å². The van der Waals surface area contributed by atoms with Gasteiger partial charge in [0.05, 0.1) is 25.9 Å². The summed E-state index contributed by atoms with van der Waals surface area (Å²) < 4.78 is 25.9. The second-order valence-corrected chi connectivity index (χ2v) is 16.0. The molecular formula is C34H46O4Si. The largest absolute Gasteiger partial charge is 0.493 e. The van der Waals surface area contributed by atoms with Gasteiger partial charge in [-0.3, -0.25) is 0 Å². The van der Waals surface area contributed by atoms with E-state index >= 15 is 0 Å². The standard InChI is InChI=1S/C34H46O4Si/c1-5-35-31(26-37-30-19-15-16-28(24-30)25-36-29-17-9-6-10-18-29)27-38-39(34(2,3)4,32-20-11-7-12-21-32)33-22-13-8-14-23-33/h6-14,17-18,20-23,28,30-31H,5,15-16,19,24-27H2,1-4H3/t28-,30+,31?/m0/s1. The Balaban J connectivity index is 1.42. The molecule has 0 aliphatic heterocycles. The molecule has 3 aromatic rings. The Bertz CT molecular complexity index is 1040. The van der Waals surface area contributed by atoms with Gasteiger partial charge in [0.25, 0.3) is 8.32 Å². The first kappa shape index (κ1) is 29.5. The lowest BCUT2D eigenvalue weighted by Crippen LogP contribution is -2.67. The van der Waals surface area contributed by atoms with Crippen LogP contribution in [0.4, 0.5) is 0 Å². The van der Waals surface area contributed by atoms with E-state index in [0.717, 1.165) is 25.2 Å². The summed E-state index contributed by atoms with van der Waals surface area (Å²) >= 11 is 0. The van der Waals surface area contributed by atoms with E-state index in [-0.39, 0.29) is 17.2 Å². The maximum atomic E-state index is 7.14. The summed E-state index contributed by atoms with van der Waals surface area (Å²) in [6, 6.07) is 31.7. The SMILES string of the molecule is CCOC(CO[C@@H]1CCC[C@H](COc2ccccc2)C1)CO[Si](c1ccccc1)(c1ccccc1)C(C)(C)C. The molecule has 1 fully saturated rings. The highest BCUT2D eigenvalue weighted by Gasteiger charge is 2.50. The molecule has 0 N–H and O–H groups in total. The van der Waals surface area contributed by atoms with Crippen molar-refractivity contribution >= 4 is 18.7 Å². The predicted molar refractivity (Wildman–Crippen MR) is 163 cm³/mol. The fourth-order valence-corrected chi connectivity index (χ4v) is 10.5. The van der Waals surface area contributed by atoms with Gasteiger partial charge in [-0.25, -0.2) is 0 Å². The quantitative estimate of drug-likeness (QED) is 0.226. The molecule has 1 saturated carbocycles. The summed E-state index contributed by atoms with van der Waals surface area (Å²) in [5, 5.41) is 2.50. The van der Waals surface area contributed by atoms with E-state index in [9.17, 15) is 0 Å². The van der Waals surface area contributed by atoms with Gasteiger partial charge >= 0.3 is 0 Å². The summed E-state index contributed by atoms with van der Waals surface area (Å²) in [7, 11) is -2.62. The number of para-hydroxylation sites is 1. The summed E-state index contributed by atoms with van der Waals surface area (Å²) in [4.78, 5) is 0. The lowest BCUT2D eigenvalue weighted by molar-refractivity contribution is -0.0720. The van der Waals surface area contributed by atoms with Gasteiger partial charge in [-0.05, 0) is 59.6 Å². The van der Waals surface area contributed by atoms with E-state index in [4.69, 9.17) is 18.6 Å². The minimum atomic E-state index is -2.62. The number of rotatable bonds is 13. The van der Waals surface area contributed by atoms with Crippen molar-refractivity contribution in [2.24, 2.45) is 5.92 Å². The molecule has 3 atom stereocenters. The van der Waals surface area contributed by atoms with Crippen LogP contribution in [0.25, 0.3) is 0 Å². The molecule has 0 amide bonds. The second-order valence-electron chi connectivity index (χ2n) is 11.7. The van der Waals surface area contributed by atoms with Crippen LogP contribution in [0.15, 0.2) is 91.0 Å². The Kier molecular flexibility index (Phi) is 10.8. The number of benzene rings is 3. The van der Waals surface area contributed by atoms with Crippen molar-refractivity contribution in [2.45, 2.75) is 70.6 Å². The van der Waals surface area contributed by atoms with Gasteiger partial charge in [0.2, 0.25) is 0 Å². The lowest BCUT2D eigenvalue weighted by atomic mass is 9.88. The van der Waals surface area contributed by atoms with Gasteiger partial charge in [-0.2, -0.15) is 0 Å². The van der Waals surface area contributed by atoms with Gasteiger partial charge in [0.15, 0.2) is 0 Å². The number of hydrogen-bond acceptors (Lipinski definition) is 4. The Morgan fingerprint density at radius 3 is 1.95 bits per heavy atom. The predicted octanol–water partition coefficient (Wildman–Crippen LogP) is 6.62. The molecule has 0 aromatic heterocycles. The maximum absolute atomic E-state index is 7.14. The normalized spacial score (nSPS) is 19.0. The fraction of sp³-hybridized carbons (Fsp3) is 0.471. The maximum Gasteiger partial charge on any atom is 0.261 e. The zero-order valence-corrected chi connectivity index (χ0v) is 25.2. The molecule has 5 heteroatoms. The molecule has 4 rings (SSSR count). The van der Waals surface area contributed by atoms with Gasteiger partial charge < -0.3 is 18.6 Å². The highest BCUT2D eigenvalue weighted by Crippen LogP contribution is 2.37. The fourth-order valence-electron chi connectivity index (χ4n) is 5.88. The third kappa shape index (κ3) is 7.82. The van der Waals surface area contributed by atoms with Crippen LogP contribution < -0.4 is 15.1 Å². The van der Waals surface area contributed by atoms with Gasteiger partial charge in [0, 0.05) is 6.61 Å². The van der Waals surface area contributed by atoms with E-state index in [1.807, 2.05) is 37.3 Å². The van der Waals surface area contributed by atoms with Crippen molar-refractivity contribution in [1.29, 1.82) is 0 Å². The van der Waals surface area contributed by atoms with Crippen LogP contribution in [0.2, 0.25) is 5.04 Å². The first-order chi connectivity index (χ1) is 18.9. The van der Waals surface area contributed by atoms with Crippen molar-refractivity contribution in [2.75, 3.05) is 26.4 Å². The molecule has 39 heavy (non-hydrogen) atoms. The third-order valence-corrected chi connectivity index (χ3v) is 12.8. The molecule has 1 unspecified atom stereocenters.